The Bertz CT molecular complexity index is 688. The molecule has 1 fully saturated rings. The van der Waals surface area contributed by atoms with Crippen LogP contribution < -0.4 is 10.2 Å². The first-order valence-electron chi connectivity index (χ1n) is 5.68. The number of rotatable bonds is 1. The van der Waals surface area contributed by atoms with E-state index in [1.165, 1.54) is 4.90 Å². The number of imide groups is 1. The molecule has 0 radical (unpaired) electrons. The summed E-state index contributed by atoms with van der Waals surface area (Å²) in [5.74, 6) is -0.263. The maximum absolute atomic E-state index is 11.8. The monoisotopic (exact) mass is 276 g/mol. The van der Waals surface area contributed by atoms with Crippen LogP contribution in [0.5, 0.6) is 0 Å². The maximum Gasteiger partial charge on any atom is 0.328 e. The van der Waals surface area contributed by atoms with Gasteiger partial charge in [-0.2, -0.15) is 0 Å². The molecule has 1 N–H and O–H groups in total. The number of carbonyl (C=O) groups excluding carboxylic acids is 2. The second kappa shape index (κ2) is 4.47. The van der Waals surface area contributed by atoms with Crippen molar-refractivity contribution in [1.29, 1.82) is 0 Å². The Hall–Kier alpha value is -2.21. The highest BCUT2D eigenvalue weighted by Gasteiger charge is 2.25. The highest BCUT2D eigenvalue weighted by molar-refractivity contribution is 6.28. The predicted molar refractivity (Wildman–Crippen MR) is 70.0 cm³/mol. The van der Waals surface area contributed by atoms with Crippen molar-refractivity contribution in [2.75, 3.05) is 11.4 Å². The highest BCUT2D eigenvalue weighted by atomic mass is 35.5. The third kappa shape index (κ3) is 2.10. The van der Waals surface area contributed by atoms with Gasteiger partial charge in [-0.05, 0) is 23.7 Å². The normalized spacial score (nSPS) is 15.7. The zero-order valence-electron chi connectivity index (χ0n) is 9.76. The van der Waals surface area contributed by atoms with Gasteiger partial charge in [-0.15, -0.1) is 0 Å². The molecule has 96 valence electrons. The summed E-state index contributed by atoms with van der Waals surface area (Å²) >= 11 is 5.74. The minimum Gasteiger partial charge on any atom is -0.293 e. The Balaban J connectivity index is 2.10. The zero-order valence-corrected chi connectivity index (χ0v) is 10.5. The van der Waals surface area contributed by atoms with E-state index < -0.39 is 6.03 Å². The molecule has 0 spiro atoms. The largest absolute Gasteiger partial charge is 0.328 e. The maximum atomic E-state index is 11.8. The molecule has 1 aliphatic heterocycles. The summed E-state index contributed by atoms with van der Waals surface area (Å²) in [6, 6.07) is 4.93. The first-order valence-corrected chi connectivity index (χ1v) is 6.05. The molecular weight excluding hydrogens is 268 g/mol. The summed E-state index contributed by atoms with van der Waals surface area (Å²) < 4.78 is 0. The topological polar surface area (TPSA) is 75.2 Å². The average molecular weight is 277 g/mol. The van der Waals surface area contributed by atoms with Crippen molar-refractivity contribution in [1.82, 2.24) is 15.3 Å². The lowest BCUT2D eigenvalue weighted by molar-refractivity contribution is -0.120. The molecule has 2 aromatic rings. The van der Waals surface area contributed by atoms with E-state index in [9.17, 15) is 9.59 Å². The fourth-order valence-electron chi connectivity index (χ4n) is 2.05. The van der Waals surface area contributed by atoms with Crippen molar-refractivity contribution >= 4 is 40.1 Å². The van der Waals surface area contributed by atoms with Gasteiger partial charge in [-0.1, -0.05) is 6.07 Å². The fraction of sp³-hybridized carbons (Fsp3) is 0.167. The third-order valence-electron chi connectivity index (χ3n) is 2.92. The Morgan fingerprint density at radius 3 is 2.95 bits per heavy atom. The summed E-state index contributed by atoms with van der Waals surface area (Å²) in [5.41, 5.74) is 1.32. The number of hydrogen-bond acceptors (Lipinski definition) is 4. The van der Waals surface area contributed by atoms with Gasteiger partial charge in [-0.25, -0.2) is 14.8 Å². The van der Waals surface area contributed by atoms with Crippen LogP contribution in [0.4, 0.5) is 10.5 Å². The van der Waals surface area contributed by atoms with Crippen molar-refractivity contribution in [2.24, 2.45) is 0 Å². The summed E-state index contributed by atoms with van der Waals surface area (Å²) in [6.07, 6.45) is 1.85. The summed E-state index contributed by atoms with van der Waals surface area (Å²) in [5, 5.41) is 3.16. The predicted octanol–water partition coefficient (Wildman–Crippen LogP) is 1.73. The van der Waals surface area contributed by atoms with E-state index in [-0.39, 0.29) is 17.6 Å². The van der Waals surface area contributed by atoms with Crippen molar-refractivity contribution in [3.63, 3.8) is 0 Å². The minimum atomic E-state index is -0.432. The van der Waals surface area contributed by atoms with Gasteiger partial charge in [-0.3, -0.25) is 15.0 Å². The van der Waals surface area contributed by atoms with E-state index in [1.807, 2.05) is 0 Å². The van der Waals surface area contributed by atoms with E-state index in [0.29, 0.717) is 17.7 Å². The number of benzene rings is 1. The summed E-state index contributed by atoms with van der Waals surface area (Å²) in [7, 11) is 0. The van der Waals surface area contributed by atoms with Gasteiger partial charge in [0.2, 0.25) is 11.2 Å². The lowest BCUT2D eigenvalue weighted by atomic mass is 10.1. The van der Waals surface area contributed by atoms with Crippen molar-refractivity contribution in [2.45, 2.75) is 6.42 Å². The second-order valence-corrected chi connectivity index (χ2v) is 4.44. The third-order valence-corrected chi connectivity index (χ3v) is 3.10. The Kier molecular flexibility index (Phi) is 2.79. The number of amides is 3. The molecule has 1 aromatic heterocycles. The van der Waals surface area contributed by atoms with E-state index >= 15 is 0 Å². The van der Waals surface area contributed by atoms with E-state index in [0.717, 1.165) is 5.39 Å². The smallest absolute Gasteiger partial charge is 0.293 e. The van der Waals surface area contributed by atoms with Crippen molar-refractivity contribution in [3.05, 3.63) is 29.7 Å². The lowest BCUT2D eigenvalue weighted by Crippen LogP contribution is -2.49. The van der Waals surface area contributed by atoms with Crippen LogP contribution in [0.1, 0.15) is 6.42 Å². The molecule has 0 saturated carbocycles. The molecule has 1 aromatic carbocycles. The van der Waals surface area contributed by atoms with E-state index in [1.54, 1.807) is 24.4 Å². The number of halogens is 1. The Labute approximate surface area is 113 Å². The molecule has 19 heavy (non-hydrogen) atoms. The molecule has 0 atom stereocenters. The molecule has 1 aliphatic rings. The van der Waals surface area contributed by atoms with Gasteiger partial charge < -0.3 is 0 Å². The molecule has 7 heteroatoms. The van der Waals surface area contributed by atoms with Crippen molar-refractivity contribution < 1.29 is 9.59 Å². The number of urea groups is 1. The van der Waals surface area contributed by atoms with E-state index in [4.69, 9.17) is 11.6 Å². The van der Waals surface area contributed by atoms with Gasteiger partial charge in [0.1, 0.15) is 0 Å². The van der Waals surface area contributed by atoms with Crippen LogP contribution in [0.25, 0.3) is 10.9 Å². The number of aromatic nitrogens is 2. The van der Waals surface area contributed by atoms with Crippen LogP contribution in [0.15, 0.2) is 24.4 Å². The van der Waals surface area contributed by atoms with Crippen LogP contribution in [0.3, 0.4) is 0 Å². The van der Waals surface area contributed by atoms with Gasteiger partial charge in [0.15, 0.2) is 0 Å². The molecule has 0 unspecified atom stereocenters. The molecule has 0 bridgehead atoms. The first-order chi connectivity index (χ1) is 9.15. The molecule has 1 saturated heterocycles. The van der Waals surface area contributed by atoms with E-state index in [2.05, 4.69) is 15.3 Å². The fourth-order valence-corrected chi connectivity index (χ4v) is 2.19. The number of carbonyl (C=O) groups is 2. The number of fused-ring (bicyclic) bond motifs is 1. The summed E-state index contributed by atoms with van der Waals surface area (Å²) in [4.78, 5) is 32.5. The number of hydrogen-bond donors (Lipinski definition) is 1. The number of nitrogens with zero attached hydrogens (tertiary/aromatic N) is 3. The van der Waals surface area contributed by atoms with Gasteiger partial charge in [0.25, 0.3) is 0 Å². The second-order valence-electron chi connectivity index (χ2n) is 4.10. The average Bonchev–Trinajstić information content (AvgIpc) is 2.38. The van der Waals surface area contributed by atoms with Gasteiger partial charge in [0, 0.05) is 24.5 Å². The van der Waals surface area contributed by atoms with Crippen LogP contribution in [0, 0.1) is 0 Å². The Morgan fingerprint density at radius 1 is 1.32 bits per heavy atom. The number of anilines is 1. The van der Waals surface area contributed by atoms with Crippen LogP contribution in [-0.4, -0.2) is 28.5 Å². The molecule has 2 heterocycles. The lowest BCUT2D eigenvalue weighted by Gasteiger charge is -2.27. The van der Waals surface area contributed by atoms with Crippen LogP contribution in [-0.2, 0) is 4.79 Å². The van der Waals surface area contributed by atoms with Gasteiger partial charge >= 0.3 is 6.03 Å². The summed E-state index contributed by atoms with van der Waals surface area (Å²) in [6.45, 7) is 0.340. The SMILES string of the molecule is O=C1CCN(c2cccc3nc(Cl)ncc23)C(=O)N1. The quantitative estimate of drug-likeness (QED) is 0.805. The van der Waals surface area contributed by atoms with Crippen LogP contribution >= 0.6 is 11.6 Å². The van der Waals surface area contributed by atoms with Crippen LogP contribution in [0.2, 0.25) is 5.28 Å². The molecule has 3 amide bonds. The molecule has 0 aliphatic carbocycles. The standard InChI is InChI=1S/C12H9ClN4O2/c13-11-14-6-7-8(15-11)2-1-3-9(7)17-5-4-10(18)16-12(17)19/h1-3,6H,4-5H2,(H,16,18,19). The zero-order chi connectivity index (χ0) is 13.4. The highest BCUT2D eigenvalue weighted by Crippen LogP contribution is 2.27. The molecule has 6 nitrogen and oxygen atoms in total. The minimum absolute atomic E-state index is 0.155. The Morgan fingerprint density at radius 2 is 2.16 bits per heavy atom. The first kappa shape index (κ1) is 11.9. The molecular formula is C12H9ClN4O2. The number of nitrogens with one attached hydrogen (secondary N) is 1. The van der Waals surface area contributed by atoms with Gasteiger partial charge in [0.05, 0.1) is 11.2 Å². The molecule has 3 rings (SSSR count). The van der Waals surface area contributed by atoms with Crippen molar-refractivity contribution in [3.8, 4) is 0 Å².